The molecule has 1 N–H and O–H groups in total. The molecule has 0 unspecified atom stereocenters. The van der Waals surface area contributed by atoms with Crippen LogP contribution in [-0.4, -0.2) is 30.2 Å². The number of aromatic nitrogens is 2. The van der Waals surface area contributed by atoms with Crippen LogP contribution in [0.25, 0.3) is 0 Å². The van der Waals surface area contributed by atoms with Gasteiger partial charge in [0.25, 0.3) is 0 Å². The van der Waals surface area contributed by atoms with E-state index in [0.717, 1.165) is 11.3 Å². The second-order valence-electron chi connectivity index (χ2n) is 3.95. The summed E-state index contributed by atoms with van der Waals surface area (Å²) >= 11 is 0. The normalized spacial score (nSPS) is 9.90. The van der Waals surface area contributed by atoms with Crippen molar-refractivity contribution in [3.63, 3.8) is 0 Å². The van der Waals surface area contributed by atoms with Gasteiger partial charge < -0.3 is 14.8 Å². The van der Waals surface area contributed by atoms with Crippen molar-refractivity contribution >= 4 is 11.8 Å². The molecule has 0 saturated carbocycles. The van der Waals surface area contributed by atoms with Gasteiger partial charge in [0.1, 0.15) is 11.6 Å². The van der Waals surface area contributed by atoms with Crippen LogP contribution < -0.4 is 10.1 Å². The molecule has 0 saturated heterocycles. The number of hydrogen-bond donors (Lipinski definition) is 1. The first kappa shape index (κ1) is 13.8. The van der Waals surface area contributed by atoms with Crippen LogP contribution >= 0.6 is 0 Å². The molecule has 1 heterocycles. The van der Waals surface area contributed by atoms with E-state index in [-0.39, 0.29) is 5.69 Å². The summed E-state index contributed by atoms with van der Waals surface area (Å²) < 4.78 is 9.86. The van der Waals surface area contributed by atoms with Crippen molar-refractivity contribution < 1.29 is 14.3 Å². The molecule has 1 aromatic carbocycles. The largest absolute Gasteiger partial charge is 0.496 e. The Morgan fingerprint density at radius 2 is 2.05 bits per heavy atom. The van der Waals surface area contributed by atoms with Crippen molar-refractivity contribution in [2.24, 2.45) is 0 Å². The van der Waals surface area contributed by atoms with E-state index in [2.05, 4.69) is 20.0 Å². The Balaban J connectivity index is 2.09. The number of nitrogens with one attached hydrogen (secondary N) is 1. The second kappa shape index (κ2) is 6.51. The smallest absolute Gasteiger partial charge is 0.358 e. The predicted octanol–water partition coefficient (Wildman–Crippen LogP) is 1.88. The summed E-state index contributed by atoms with van der Waals surface area (Å²) in [7, 11) is 2.93. The number of esters is 1. The summed E-state index contributed by atoms with van der Waals surface area (Å²) in [6, 6.07) is 7.66. The molecule has 0 fully saturated rings. The van der Waals surface area contributed by atoms with Crippen molar-refractivity contribution in [2.45, 2.75) is 6.54 Å². The van der Waals surface area contributed by atoms with Crippen LogP contribution in [0.5, 0.6) is 5.75 Å². The van der Waals surface area contributed by atoms with Gasteiger partial charge in [-0.1, -0.05) is 18.2 Å². The number of hydrogen-bond acceptors (Lipinski definition) is 6. The van der Waals surface area contributed by atoms with Crippen molar-refractivity contribution in [3.05, 3.63) is 47.9 Å². The van der Waals surface area contributed by atoms with Crippen LogP contribution in [0, 0.1) is 0 Å². The highest BCUT2D eigenvalue weighted by Gasteiger charge is 2.08. The topological polar surface area (TPSA) is 73.3 Å². The number of methoxy groups -OCH3 is 2. The third-order valence-electron chi connectivity index (χ3n) is 2.68. The highest BCUT2D eigenvalue weighted by Crippen LogP contribution is 2.18. The number of para-hydroxylation sites is 1. The van der Waals surface area contributed by atoms with Gasteiger partial charge in [-0.3, -0.25) is 4.98 Å². The molecule has 0 bridgehead atoms. The lowest BCUT2D eigenvalue weighted by molar-refractivity contribution is 0.0593. The van der Waals surface area contributed by atoms with Gasteiger partial charge in [0, 0.05) is 12.1 Å². The van der Waals surface area contributed by atoms with Crippen molar-refractivity contribution in [3.8, 4) is 5.75 Å². The van der Waals surface area contributed by atoms with Gasteiger partial charge in [0.15, 0.2) is 5.69 Å². The van der Waals surface area contributed by atoms with Gasteiger partial charge in [0.05, 0.1) is 26.6 Å². The van der Waals surface area contributed by atoms with E-state index in [0.29, 0.717) is 12.4 Å². The third-order valence-corrected chi connectivity index (χ3v) is 2.68. The molecule has 6 heteroatoms. The quantitative estimate of drug-likeness (QED) is 0.838. The maximum Gasteiger partial charge on any atom is 0.358 e. The average Bonchev–Trinajstić information content (AvgIpc) is 2.52. The minimum atomic E-state index is -0.515. The van der Waals surface area contributed by atoms with Crippen molar-refractivity contribution in [1.82, 2.24) is 9.97 Å². The van der Waals surface area contributed by atoms with Gasteiger partial charge in [-0.15, -0.1) is 0 Å². The van der Waals surface area contributed by atoms with E-state index in [9.17, 15) is 4.79 Å². The van der Waals surface area contributed by atoms with Crippen LogP contribution in [0.4, 0.5) is 5.82 Å². The van der Waals surface area contributed by atoms with E-state index in [1.807, 2.05) is 24.3 Å². The zero-order chi connectivity index (χ0) is 14.4. The number of carbonyl (C=O) groups excluding carboxylic acids is 1. The zero-order valence-electron chi connectivity index (χ0n) is 11.3. The van der Waals surface area contributed by atoms with Crippen molar-refractivity contribution in [2.75, 3.05) is 19.5 Å². The summed E-state index contributed by atoms with van der Waals surface area (Å²) in [5.41, 5.74) is 1.15. The number of carbonyl (C=O) groups is 1. The fourth-order valence-electron chi connectivity index (χ4n) is 1.69. The fourth-order valence-corrected chi connectivity index (χ4v) is 1.69. The van der Waals surface area contributed by atoms with Gasteiger partial charge in [-0.05, 0) is 6.07 Å². The lowest BCUT2D eigenvalue weighted by atomic mass is 10.2. The lowest BCUT2D eigenvalue weighted by Gasteiger charge is -2.10. The van der Waals surface area contributed by atoms with Gasteiger partial charge in [0.2, 0.25) is 0 Å². The summed E-state index contributed by atoms with van der Waals surface area (Å²) in [6.45, 7) is 0.517. The Hall–Kier alpha value is -2.63. The Morgan fingerprint density at radius 3 is 2.80 bits per heavy atom. The van der Waals surface area contributed by atoms with Gasteiger partial charge >= 0.3 is 5.97 Å². The van der Waals surface area contributed by atoms with Crippen LogP contribution in [0.2, 0.25) is 0 Å². The van der Waals surface area contributed by atoms with E-state index in [1.54, 1.807) is 13.3 Å². The highest BCUT2D eigenvalue weighted by molar-refractivity contribution is 5.87. The molecule has 0 aliphatic heterocycles. The van der Waals surface area contributed by atoms with E-state index in [4.69, 9.17) is 4.74 Å². The van der Waals surface area contributed by atoms with Crippen LogP contribution in [0.1, 0.15) is 16.1 Å². The second-order valence-corrected chi connectivity index (χ2v) is 3.95. The van der Waals surface area contributed by atoms with E-state index >= 15 is 0 Å². The minimum absolute atomic E-state index is 0.164. The predicted molar refractivity (Wildman–Crippen MR) is 73.7 cm³/mol. The molecule has 0 spiro atoms. The Bertz CT molecular complexity index is 602. The third kappa shape index (κ3) is 3.23. The van der Waals surface area contributed by atoms with E-state index in [1.165, 1.54) is 13.3 Å². The summed E-state index contributed by atoms with van der Waals surface area (Å²) in [4.78, 5) is 19.4. The SMILES string of the molecule is COC(=O)c1cncc(NCc2ccccc2OC)n1. The molecule has 20 heavy (non-hydrogen) atoms. The molecule has 104 valence electrons. The van der Waals surface area contributed by atoms with Gasteiger partial charge in [-0.25, -0.2) is 9.78 Å². The molecule has 0 radical (unpaired) electrons. The first-order valence-electron chi connectivity index (χ1n) is 6.00. The number of nitrogens with zero attached hydrogens (tertiary/aromatic N) is 2. The molecule has 1 aromatic heterocycles. The summed E-state index contributed by atoms with van der Waals surface area (Å²) in [5.74, 6) is 0.773. The Morgan fingerprint density at radius 1 is 1.25 bits per heavy atom. The maximum absolute atomic E-state index is 11.4. The zero-order valence-corrected chi connectivity index (χ0v) is 11.3. The van der Waals surface area contributed by atoms with Crippen molar-refractivity contribution in [1.29, 1.82) is 0 Å². The average molecular weight is 273 g/mol. The molecule has 2 rings (SSSR count). The van der Waals surface area contributed by atoms with E-state index < -0.39 is 5.97 Å². The molecule has 0 aliphatic carbocycles. The molecule has 2 aromatic rings. The van der Waals surface area contributed by atoms with Crippen LogP contribution in [0.3, 0.4) is 0 Å². The molecular weight excluding hydrogens is 258 g/mol. The molecule has 0 aliphatic rings. The lowest BCUT2D eigenvalue weighted by Crippen LogP contribution is -2.09. The minimum Gasteiger partial charge on any atom is -0.496 e. The summed E-state index contributed by atoms with van der Waals surface area (Å²) in [6.07, 6.45) is 2.90. The molecule has 0 atom stereocenters. The first-order chi connectivity index (χ1) is 9.74. The number of benzene rings is 1. The molecular formula is C14H15N3O3. The monoisotopic (exact) mass is 273 g/mol. The Kier molecular flexibility index (Phi) is 4.49. The fraction of sp³-hybridized carbons (Fsp3) is 0.214. The standard InChI is InChI=1S/C14H15N3O3/c1-19-12-6-4-3-5-10(12)7-16-13-9-15-8-11(17-13)14(18)20-2/h3-6,8-9H,7H2,1-2H3,(H,16,17). The van der Waals surface area contributed by atoms with Crippen LogP contribution in [-0.2, 0) is 11.3 Å². The number of anilines is 1. The van der Waals surface area contributed by atoms with Gasteiger partial charge in [-0.2, -0.15) is 0 Å². The summed E-state index contributed by atoms with van der Waals surface area (Å²) in [5, 5.41) is 3.09. The highest BCUT2D eigenvalue weighted by atomic mass is 16.5. The number of rotatable bonds is 5. The Labute approximate surface area is 116 Å². The number of ether oxygens (including phenoxy) is 2. The molecule has 0 amide bonds. The first-order valence-corrected chi connectivity index (χ1v) is 6.00. The molecule has 6 nitrogen and oxygen atoms in total. The van der Waals surface area contributed by atoms with Crippen LogP contribution in [0.15, 0.2) is 36.7 Å². The maximum atomic E-state index is 11.4.